The molecule has 0 amide bonds. The van der Waals surface area contributed by atoms with Gasteiger partial charge in [-0.05, 0) is 42.1 Å². The van der Waals surface area contributed by atoms with E-state index in [2.05, 4.69) is 77.3 Å². The highest BCUT2D eigenvalue weighted by Gasteiger charge is 2.08. The van der Waals surface area contributed by atoms with Crippen molar-refractivity contribution in [2.75, 3.05) is 13.2 Å². The van der Waals surface area contributed by atoms with Gasteiger partial charge in [0.25, 0.3) is 0 Å². The second-order valence-corrected chi connectivity index (χ2v) is 6.83. The molecule has 0 fully saturated rings. The minimum atomic E-state index is -0.00476. The Balaban J connectivity index is 1.78. The average Bonchev–Trinajstić information content (AvgIpc) is 2.68. The molecule has 28 heavy (non-hydrogen) atoms. The number of benzene rings is 2. The van der Waals surface area contributed by atoms with Crippen LogP contribution in [0.4, 0.5) is 0 Å². The number of nitrogens with zero attached hydrogens (tertiary/aromatic N) is 4. The molecular weight excluding hydrogens is 395 g/mol. The van der Waals surface area contributed by atoms with E-state index in [0.29, 0.717) is 13.2 Å². The van der Waals surface area contributed by atoms with Crippen LogP contribution in [0.1, 0.15) is 29.2 Å². The Bertz CT molecular complexity index is 937. The van der Waals surface area contributed by atoms with E-state index < -0.39 is 0 Å². The monoisotopic (exact) mass is 414 g/mol. The fourth-order valence-corrected chi connectivity index (χ4v) is 2.97. The quantitative estimate of drug-likeness (QED) is 0.404. The SMILES string of the molecule is CCc1ccc(/C(=N/CCOc2nc(Cl)nc(Cl)n2)c2ccc(C)cc2)cc1. The van der Waals surface area contributed by atoms with E-state index in [0.717, 1.165) is 23.3 Å². The number of ether oxygens (including phenoxy) is 1. The summed E-state index contributed by atoms with van der Waals surface area (Å²) in [6.07, 6.45) is 1.00. The summed E-state index contributed by atoms with van der Waals surface area (Å²) in [4.78, 5) is 16.2. The third kappa shape index (κ3) is 5.50. The lowest BCUT2D eigenvalue weighted by atomic mass is 9.99. The van der Waals surface area contributed by atoms with Gasteiger partial charge in [-0.1, -0.05) is 61.0 Å². The van der Waals surface area contributed by atoms with Crippen LogP contribution < -0.4 is 4.74 Å². The van der Waals surface area contributed by atoms with E-state index >= 15 is 0 Å². The summed E-state index contributed by atoms with van der Waals surface area (Å²) in [6.45, 7) is 4.93. The molecule has 1 aromatic heterocycles. The Labute approximate surface area is 174 Å². The van der Waals surface area contributed by atoms with Gasteiger partial charge in [0.2, 0.25) is 10.6 Å². The van der Waals surface area contributed by atoms with Gasteiger partial charge >= 0.3 is 6.01 Å². The molecule has 0 N–H and O–H groups in total. The second-order valence-electron chi connectivity index (χ2n) is 6.15. The normalized spacial score (nSPS) is 11.5. The van der Waals surface area contributed by atoms with Crippen LogP contribution in [0.15, 0.2) is 53.5 Å². The molecule has 0 saturated carbocycles. The maximum absolute atomic E-state index is 5.76. The molecule has 7 heteroatoms. The van der Waals surface area contributed by atoms with Crippen LogP contribution in [0, 0.1) is 6.92 Å². The molecule has 1 heterocycles. The summed E-state index contributed by atoms with van der Waals surface area (Å²) in [5, 5.41) is -0.00952. The first-order chi connectivity index (χ1) is 13.5. The molecule has 5 nitrogen and oxygen atoms in total. The number of hydrogen-bond donors (Lipinski definition) is 0. The first kappa shape index (κ1) is 20.2. The third-order valence-corrected chi connectivity index (χ3v) is 4.45. The summed E-state index contributed by atoms with van der Waals surface area (Å²) in [5.74, 6) is 0. The number of aromatic nitrogens is 3. The van der Waals surface area contributed by atoms with Gasteiger partial charge in [-0.2, -0.15) is 15.0 Å². The Morgan fingerprint density at radius 1 is 0.893 bits per heavy atom. The van der Waals surface area contributed by atoms with Crippen LogP contribution in [0.25, 0.3) is 0 Å². The Kier molecular flexibility index (Phi) is 6.95. The van der Waals surface area contributed by atoms with Crippen LogP contribution in [-0.4, -0.2) is 33.8 Å². The van der Waals surface area contributed by atoms with Gasteiger partial charge in [0.15, 0.2) is 0 Å². The smallest absolute Gasteiger partial charge is 0.322 e. The molecule has 144 valence electrons. The van der Waals surface area contributed by atoms with Gasteiger partial charge in [-0.3, -0.25) is 4.99 Å². The molecule has 0 aliphatic carbocycles. The lowest BCUT2D eigenvalue weighted by molar-refractivity contribution is 0.301. The zero-order valence-electron chi connectivity index (χ0n) is 15.7. The lowest BCUT2D eigenvalue weighted by Crippen LogP contribution is -2.10. The zero-order chi connectivity index (χ0) is 19.9. The van der Waals surface area contributed by atoms with Crippen molar-refractivity contribution in [2.45, 2.75) is 20.3 Å². The first-order valence-corrected chi connectivity index (χ1v) is 9.71. The third-order valence-electron chi connectivity index (χ3n) is 4.11. The molecule has 0 bridgehead atoms. The van der Waals surface area contributed by atoms with Gasteiger partial charge in [0, 0.05) is 11.1 Å². The highest BCUT2D eigenvalue weighted by molar-refractivity contribution is 6.31. The van der Waals surface area contributed by atoms with Gasteiger partial charge < -0.3 is 4.74 Å². The van der Waals surface area contributed by atoms with Crippen molar-refractivity contribution in [3.05, 3.63) is 81.4 Å². The minimum Gasteiger partial charge on any atom is -0.461 e. The molecule has 0 atom stereocenters. The predicted octanol–water partition coefficient (Wildman–Crippen LogP) is 4.97. The molecule has 3 rings (SSSR count). The molecular formula is C21H20Cl2N4O. The summed E-state index contributed by atoms with van der Waals surface area (Å²) in [7, 11) is 0. The largest absolute Gasteiger partial charge is 0.461 e. The van der Waals surface area contributed by atoms with Crippen molar-refractivity contribution in [3.63, 3.8) is 0 Å². The van der Waals surface area contributed by atoms with Crippen molar-refractivity contribution in [1.29, 1.82) is 0 Å². The second kappa shape index (κ2) is 9.62. The lowest BCUT2D eigenvalue weighted by Gasteiger charge is -2.10. The molecule has 0 radical (unpaired) electrons. The highest BCUT2D eigenvalue weighted by atomic mass is 35.5. The Morgan fingerprint density at radius 2 is 1.46 bits per heavy atom. The Hall–Kier alpha value is -2.50. The number of aryl methyl sites for hydroxylation is 2. The summed E-state index contributed by atoms with van der Waals surface area (Å²) >= 11 is 11.5. The highest BCUT2D eigenvalue weighted by Crippen LogP contribution is 2.15. The summed E-state index contributed by atoms with van der Waals surface area (Å²) in [5.41, 5.74) is 5.53. The fourth-order valence-electron chi connectivity index (χ4n) is 2.63. The van der Waals surface area contributed by atoms with Crippen molar-refractivity contribution in [2.24, 2.45) is 4.99 Å². The minimum absolute atomic E-state index is 0.00476. The van der Waals surface area contributed by atoms with Crippen molar-refractivity contribution in [3.8, 4) is 6.01 Å². The van der Waals surface area contributed by atoms with Crippen molar-refractivity contribution < 1.29 is 4.74 Å². The molecule has 0 saturated heterocycles. The van der Waals surface area contributed by atoms with Crippen LogP contribution in [0.3, 0.4) is 0 Å². The summed E-state index contributed by atoms with van der Waals surface area (Å²) in [6, 6.07) is 16.9. The molecule has 2 aromatic carbocycles. The van der Waals surface area contributed by atoms with Crippen LogP contribution in [0.2, 0.25) is 10.6 Å². The molecule has 0 unspecified atom stereocenters. The van der Waals surface area contributed by atoms with E-state index in [1.165, 1.54) is 11.1 Å². The van der Waals surface area contributed by atoms with Gasteiger partial charge in [-0.15, -0.1) is 0 Å². The van der Waals surface area contributed by atoms with Crippen LogP contribution >= 0.6 is 23.2 Å². The molecule has 0 aliphatic rings. The van der Waals surface area contributed by atoms with Gasteiger partial charge in [-0.25, -0.2) is 0 Å². The number of rotatable bonds is 7. The molecule has 0 aliphatic heterocycles. The maximum Gasteiger partial charge on any atom is 0.322 e. The van der Waals surface area contributed by atoms with E-state index in [1.54, 1.807) is 0 Å². The Morgan fingerprint density at radius 3 is 2.04 bits per heavy atom. The molecule has 0 spiro atoms. The first-order valence-electron chi connectivity index (χ1n) is 8.96. The van der Waals surface area contributed by atoms with Gasteiger partial charge in [0.05, 0.1) is 12.3 Å². The number of aliphatic imine (C=N–C) groups is 1. The van der Waals surface area contributed by atoms with E-state index in [1.807, 2.05) is 0 Å². The van der Waals surface area contributed by atoms with E-state index in [-0.39, 0.29) is 16.6 Å². The van der Waals surface area contributed by atoms with Crippen molar-refractivity contribution in [1.82, 2.24) is 15.0 Å². The number of halogens is 2. The predicted molar refractivity (Wildman–Crippen MR) is 113 cm³/mol. The topological polar surface area (TPSA) is 60.3 Å². The van der Waals surface area contributed by atoms with Crippen LogP contribution in [0.5, 0.6) is 6.01 Å². The standard InChI is InChI=1S/C21H20Cl2N4O/c1-3-15-6-10-17(11-7-15)18(16-8-4-14(2)5-9-16)24-12-13-28-21-26-19(22)25-20(23)27-21/h4-11H,3,12-13H2,1-2H3/b24-18+. The fraction of sp³-hybridized carbons (Fsp3) is 0.238. The van der Waals surface area contributed by atoms with Crippen molar-refractivity contribution >= 4 is 28.9 Å². The summed E-state index contributed by atoms with van der Waals surface area (Å²) < 4.78 is 5.51. The van der Waals surface area contributed by atoms with Crippen LogP contribution in [-0.2, 0) is 6.42 Å². The average molecular weight is 415 g/mol. The molecule has 3 aromatic rings. The van der Waals surface area contributed by atoms with Gasteiger partial charge in [0.1, 0.15) is 6.61 Å². The zero-order valence-corrected chi connectivity index (χ0v) is 17.2. The maximum atomic E-state index is 5.76. The van der Waals surface area contributed by atoms with E-state index in [4.69, 9.17) is 32.9 Å². The van der Waals surface area contributed by atoms with E-state index in [9.17, 15) is 0 Å². The number of hydrogen-bond acceptors (Lipinski definition) is 5.